The highest BCUT2D eigenvalue weighted by molar-refractivity contribution is 6.31. The summed E-state index contributed by atoms with van der Waals surface area (Å²) in [4.78, 5) is 26.5. The minimum Gasteiger partial charge on any atom is -0.378 e. The van der Waals surface area contributed by atoms with Gasteiger partial charge in [-0.1, -0.05) is 23.7 Å². The van der Waals surface area contributed by atoms with E-state index >= 15 is 0 Å². The number of aryl methyl sites for hydroxylation is 1. The van der Waals surface area contributed by atoms with Crippen molar-refractivity contribution in [1.82, 2.24) is 4.90 Å². The summed E-state index contributed by atoms with van der Waals surface area (Å²) in [6.45, 7) is 4.30. The summed E-state index contributed by atoms with van der Waals surface area (Å²) in [5.74, 6) is -0.222. The molecule has 2 amide bonds. The largest absolute Gasteiger partial charge is 0.378 e. The number of benzene rings is 2. The standard InChI is InChI=1S/C20H22ClN3O3/c1-14-5-6-17(12-18(14)21)23-19(25)13-22-16-4-2-3-15(11-16)20(26)24-7-9-27-10-8-24/h2-6,11-12,22H,7-10,13H2,1H3,(H,23,25). The van der Waals surface area contributed by atoms with Gasteiger partial charge >= 0.3 is 0 Å². The second kappa shape index (κ2) is 8.88. The van der Waals surface area contributed by atoms with Crippen LogP contribution in [0.25, 0.3) is 0 Å². The van der Waals surface area contributed by atoms with E-state index in [4.69, 9.17) is 16.3 Å². The van der Waals surface area contributed by atoms with Crippen LogP contribution in [0.15, 0.2) is 42.5 Å². The number of carbonyl (C=O) groups excluding carboxylic acids is 2. The minimum atomic E-state index is -0.195. The lowest BCUT2D eigenvalue weighted by Crippen LogP contribution is -2.40. The van der Waals surface area contributed by atoms with E-state index in [0.717, 1.165) is 5.56 Å². The number of amides is 2. The number of hydrogen-bond donors (Lipinski definition) is 2. The van der Waals surface area contributed by atoms with Crippen molar-refractivity contribution >= 4 is 34.8 Å². The summed E-state index contributed by atoms with van der Waals surface area (Å²) in [5.41, 5.74) is 2.90. The number of carbonyl (C=O) groups is 2. The van der Waals surface area contributed by atoms with Crippen LogP contribution in [-0.2, 0) is 9.53 Å². The molecule has 2 aromatic rings. The van der Waals surface area contributed by atoms with Gasteiger partial charge in [-0.05, 0) is 42.8 Å². The molecule has 0 atom stereocenters. The van der Waals surface area contributed by atoms with Crippen molar-refractivity contribution in [2.75, 3.05) is 43.5 Å². The molecule has 2 aromatic carbocycles. The third-order valence-corrected chi connectivity index (χ3v) is 4.72. The van der Waals surface area contributed by atoms with Crippen molar-refractivity contribution in [2.24, 2.45) is 0 Å². The quantitative estimate of drug-likeness (QED) is 0.826. The fraction of sp³-hybridized carbons (Fsp3) is 0.300. The second-order valence-corrected chi connectivity index (χ2v) is 6.76. The fourth-order valence-corrected chi connectivity index (χ4v) is 2.95. The van der Waals surface area contributed by atoms with Crippen LogP contribution in [-0.4, -0.2) is 49.6 Å². The zero-order valence-corrected chi connectivity index (χ0v) is 15.9. The van der Waals surface area contributed by atoms with E-state index in [1.807, 2.05) is 19.1 Å². The Morgan fingerprint density at radius 3 is 2.63 bits per heavy atom. The molecule has 1 fully saturated rings. The summed E-state index contributed by atoms with van der Waals surface area (Å²) in [7, 11) is 0. The number of nitrogens with one attached hydrogen (secondary N) is 2. The third kappa shape index (κ3) is 5.21. The Hall–Kier alpha value is -2.57. The smallest absolute Gasteiger partial charge is 0.254 e. The molecular weight excluding hydrogens is 366 g/mol. The maximum absolute atomic E-state index is 12.5. The first-order valence-electron chi connectivity index (χ1n) is 8.80. The van der Waals surface area contributed by atoms with E-state index in [1.165, 1.54) is 0 Å². The maximum Gasteiger partial charge on any atom is 0.254 e. The van der Waals surface area contributed by atoms with Crippen molar-refractivity contribution in [2.45, 2.75) is 6.92 Å². The number of anilines is 2. The zero-order valence-electron chi connectivity index (χ0n) is 15.1. The van der Waals surface area contributed by atoms with Crippen LogP contribution in [0.1, 0.15) is 15.9 Å². The van der Waals surface area contributed by atoms with E-state index in [1.54, 1.807) is 35.2 Å². The summed E-state index contributed by atoms with van der Waals surface area (Å²) >= 11 is 6.07. The summed E-state index contributed by atoms with van der Waals surface area (Å²) in [6.07, 6.45) is 0. The van der Waals surface area contributed by atoms with Crippen molar-refractivity contribution in [3.05, 3.63) is 58.6 Å². The van der Waals surface area contributed by atoms with Gasteiger partial charge in [0.1, 0.15) is 0 Å². The molecule has 6 nitrogen and oxygen atoms in total. The molecule has 1 aliphatic heterocycles. The molecule has 142 valence electrons. The van der Waals surface area contributed by atoms with E-state index in [9.17, 15) is 9.59 Å². The van der Waals surface area contributed by atoms with Crippen LogP contribution in [0.5, 0.6) is 0 Å². The van der Waals surface area contributed by atoms with E-state index in [-0.39, 0.29) is 18.4 Å². The first-order valence-corrected chi connectivity index (χ1v) is 9.18. The topological polar surface area (TPSA) is 70.7 Å². The van der Waals surface area contributed by atoms with Gasteiger partial charge in [0.05, 0.1) is 19.8 Å². The Labute approximate surface area is 163 Å². The van der Waals surface area contributed by atoms with Crippen molar-refractivity contribution in [3.8, 4) is 0 Å². The summed E-state index contributed by atoms with van der Waals surface area (Å²) < 4.78 is 5.28. The molecule has 0 radical (unpaired) electrons. The molecule has 0 bridgehead atoms. The van der Waals surface area contributed by atoms with Crippen molar-refractivity contribution in [1.29, 1.82) is 0 Å². The van der Waals surface area contributed by atoms with Crippen LogP contribution < -0.4 is 10.6 Å². The molecule has 27 heavy (non-hydrogen) atoms. The van der Waals surface area contributed by atoms with Gasteiger partial charge in [0.25, 0.3) is 5.91 Å². The predicted molar refractivity (Wildman–Crippen MR) is 106 cm³/mol. The molecule has 0 aromatic heterocycles. The molecule has 1 saturated heterocycles. The van der Waals surface area contributed by atoms with Gasteiger partial charge < -0.3 is 20.3 Å². The van der Waals surface area contributed by atoms with Gasteiger partial charge in [0, 0.05) is 35.1 Å². The van der Waals surface area contributed by atoms with Gasteiger partial charge in [0.2, 0.25) is 5.91 Å². The molecule has 7 heteroatoms. The molecule has 1 heterocycles. The van der Waals surface area contributed by atoms with Crippen LogP contribution >= 0.6 is 11.6 Å². The average molecular weight is 388 g/mol. The van der Waals surface area contributed by atoms with Crippen LogP contribution in [0.4, 0.5) is 11.4 Å². The Bertz CT molecular complexity index is 835. The van der Waals surface area contributed by atoms with E-state index in [0.29, 0.717) is 48.3 Å². The molecule has 2 N–H and O–H groups in total. The Morgan fingerprint density at radius 1 is 1.11 bits per heavy atom. The molecular formula is C20H22ClN3O3. The molecule has 0 aliphatic carbocycles. The molecule has 3 rings (SSSR count). The highest BCUT2D eigenvalue weighted by Crippen LogP contribution is 2.20. The number of ether oxygens (including phenoxy) is 1. The lowest BCUT2D eigenvalue weighted by atomic mass is 10.1. The van der Waals surface area contributed by atoms with Crippen molar-refractivity contribution < 1.29 is 14.3 Å². The van der Waals surface area contributed by atoms with Crippen LogP contribution in [0, 0.1) is 6.92 Å². The lowest BCUT2D eigenvalue weighted by molar-refractivity contribution is -0.114. The highest BCUT2D eigenvalue weighted by Gasteiger charge is 2.18. The van der Waals surface area contributed by atoms with Gasteiger partial charge in [-0.3, -0.25) is 9.59 Å². The Balaban J connectivity index is 1.56. The van der Waals surface area contributed by atoms with Gasteiger partial charge in [-0.2, -0.15) is 0 Å². The van der Waals surface area contributed by atoms with Crippen molar-refractivity contribution in [3.63, 3.8) is 0 Å². The molecule has 0 saturated carbocycles. The first kappa shape index (κ1) is 19.2. The third-order valence-electron chi connectivity index (χ3n) is 4.32. The lowest BCUT2D eigenvalue weighted by Gasteiger charge is -2.27. The number of nitrogens with zero attached hydrogens (tertiary/aromatic N) is 1. The first-order chi connectivity index (χ1) is 13.0. The summed E-state index contributed by atoms with van der Waals surface area (Å²) in [5, 5.41) is 6.45. The van der Waals surface area contributed by atoms with Crippen LogP contribution in [0.2, 0.25) is 5.02 Å². The number of halogens is 1. The normalized spacial score (nSPS) is 13.9. The van der Waals surface area contributed by atoms with E-state index in [2.05, 4.69) is 10.6 Å². The average Bonchev–Trinajstić information content (AvgIpc) is 2.69. The monoisotopic (exact) mass is 387 g/mol. The SMILES string of the molecule is Cc1ccc(NC(=O)CNc2cccc(C(=O)N3CCOCC3)c2)cc1Cl. The number of rotatable bonds is 5. The van der Waals surface area contributed by atoms with Gasteiger partial charge in [0.15, 0.2) is 0 Å². The number of morpholine rings is 1. The van der Waals surface area contributed by atoms with Gasteiger partial charge in [-0.15, -0.1) is 0 Å². The molecule has 0 spiro atoms. The molecule has 0 unspecified atom stereocenters. The maximum atomic E-state index is 12.5. The Morgan fingerprint density at radius 2 is 1.89 bits per heavy atom. The van der Waals surface area contributed by atoms with Gasteiger partial charge in [-0.25, -0.2) is 0 Å². The van der Waals surface area contributed by atoms with Crippen LogP contribution in [0.3, 0.4) is 0 Å². The zero-order chi connectivity index (χ0) is 19.2. The predicted octanol–water partition coefficient (Wildman–Crippen LogP) is 3.17. The fourth-order valence-electron chi connectivity index (χ4n) is 2.77. The number of hydrogen-bond acceptors (Lipinski definition) is 4. The highest BCUT2D eigenvalue weighted by atomic mass is 35.5. The summed E-state index contributed by atoms with van der Waals surface area (Å²) in [6, 6.07) is 12.5. The van der Waals surface area contributed by atoms with E-state index < -0.39 is 0 Å². The Kier molecular flexibility index (Phi) is 6.32. The molecule has 1 aliphatic rings. The minimum absolute atomic E-state index is 0.0271. The second-order valence-electron chi connectivity index (χ2n) is 6.35.